The summed E-state index contributed by atoms with van der Waals surface area (Å²) in [6.45, 7) is 2.62. The molecule has 0 spiro atoms. The average Bonchev–Trinajstić information content (AvgIpc) is 3.03. The Hall–Kier alpha value is -2.63. The Morgan fingerprint density at radius 3 is 2.36 bits per heavy atom. The van der Waals surface area contributed by atoms with E-state index in [0.717, 1.165) is 43.5 Å². The summed E-state index contributed by atoms with van der Waals surface area (Å²) in [4.78, 5) is 22.5. The van der Waals surface area contributed by atoms with Crippen molar-refractivity contribution < 1.29 is 14.7 Å². The molecule has 0 saturated carbocycles. The van der Waals surface area contributed by atoms with Gasteiger partial charge in [0.05, 0.1) is 5.69 Å². The van der Waals surface area contributed by atoms with Gasteiger partial charge in [0.15, 0.2) is 0 Å². The summed E-state index contributed by atoms with van der Waals surface area (Å²) < 4.78 is 1.83. The molecular formula is C19H25N3O3. The number of rotatable bonds is 10. The smallest absolute Gasteiger partial charge is 0.303 e. The van der Waals surface area contributed by atoms with Crippen molar-refractivity contribution in [1.82, 2.24) is 15.1 Å². The predicted octanol–water partition coefficient (Wildman–Crippen LogP) is 3.34. The molecule has 2 rings (SSSR count). The highest BCUT2D eigenvalue weighted by Gasteiger charge is 2.06. The first kappa shape index (κ1) is 18.7. The molecule has 0 saturated heterocycles. The number of nitrogens with one attached hydrogen (secondary N) is 1. The van der Waals surface area contributed by atoms with E-state index in [2.05, 4.69) is 10.4 Å². The van der Waals surface area contributed by atoms with Crippen molar-refractivity contribution in [3.8, 4) is 5.69 Å². The number of unbranched alkanes of at least 4 members (excludes halogenated alkanes) is 4. The molecule has 0 aliphatic heterocycles. The molecule has 0 aliphatic carbocycles. The molecule has 0 fully saturated rings. The van der Waals surface area contributed by atoms with Crippen molar-refractivity contribution in [2.75, 3.05) is 6.54 Å². The van der Waals surface area contributed by atoms with E-state index < -0.39 is 5.97 Å². The number of hydrogen-bond acceptors (Lipinski definition) is 3. The summed E-state index contributed by atoms with van der Waals surface area (Å²) in [5.74, 6) is -0.810. The lowest BCUT2D eigenvalue weighted by molar-refractivity contribution is -0.137. The van der Waals surface area contributed by atoms with Crippen molar-refractivity contribution in [3.63, 3.8) is 0 Å². The first-order valence-electron chi connectivity index (χ1n) is 8.69. The molecule has 2 N–H and O–H groups in total. The van der Waals surface area contributed by atoms with Crippen molar-refractivity contribution in [3.05, 3.63) is 47.8 Å². The Morgan fingerprint density at radius 2 is 1.72 bits per heavy atom. The first-order valence-corrected chi connectivity index (χ1v) is 8.69. The van der Waals surface area contributed by atoms with E-state index in [9.17, 15) is 9.59 Å². The highest BCUT2D eigenvalue weighted by Crippen LogP contribution is 2.11. The SMILES string of the molecule is Cc1ccnn1-c1ccc(C(=O)NCCCCCCCC(=O)O)cc1. The number of carbonyl (C=O) groups is 2. The fraction of sp³-hybridized carbons (Fsp3) is 0.421. The fourth-order valence-corrected chi connectivity index (χ4v) is 2.63. The third-order valence-corrected chi connectivity index (χ3v) is 4.06. The maximum atomic E-state index is 12.1. The highest BCUT2D eigenvalue weighted by atomic mass is 16.4. The average molecular weight is 343 g/mol. The van der Waals surface area contributed by atoms with Crippen LogP contribution in [-0.4, -0.2) is 33.3 Å². The van der Waals surface area contributed by atoms with Gasteiger partial charge in [0.25, 0.3) is 5.91 Å². The Balaban J connectivity index is 1.67. The van der Waals surface area contributed by atoms with Crippen LogP contribution in [-0.2, 0) is 4.79 Å². The quantitative estimate of drug-likeness (QED) is 0.648. The Morgan fingerprint density at radius 1 is 1.04 bits per heavy atom. The van der Waals surface area contributed by atoms with Gasteiger partial charge in [-0.05, 0) is 50.1 Å². The number of carbonyl (C=O) groups excluding carboxylic acids is 1. The van der Waals surface area contributed by atoms with Gasteiger partial charge in [-0.25, -0.2) is 4.68 Å². The number of aromatic nitrogens is 2. The predicted molar refractivity (Wildman–Crippen MR) is 96.0 cm³/mol. The Kier molecular flexibility index (Phi) is 7.19. The minimum Gasteiger partial charge on any atom is -0.481 e. The van der Waals surface area contributed by atoms with Gasteiger partial charge in [-0.2, -0.15) is 5.10 Å². The van der Waals surface area contributed by atoms with Crippen LogP contribution in [0.4, 0.5) is 0 Å². The zero-order valence-corrected chi connectivity index (χ0v) is 14.6. The lowest BCUT2D eigenvalue weighted by atomic mass is 10.1. The third-order valence-electron chi connectivity index (χ3n) is 4.06. The van der Waals surface area contributed by atoms with Crippen LogP contribution in [0.5, 0.6) is 0 Å². The minimum atomic E-state index is -0.735. The van der Waals surface area contributed by atoms with Crippen LogP contribution in [0.25, 0.3) is 5.69 Å². The molecule has 1 aromatic carbocycles. The van der Waals surface area contributed by atoms with Crippen molar-refractivity contribution >= 4 is 11.9 Å². The number of amides is 1. The second-order valence-corrected chi connectivity index (χ2v) is 6.10. The van der Waals surface area contributed by atoms with Gasteiger partial charge in [-0.15, -0.1) is 0 Å². The molecule has 2 aromatic rings. The summed E-state index contributed by atoms with van der Waals surface area (Å²) in [6, 6.07) is 9.31. The number of aliphatic carboxylic acids is 1. The fourth-order valence-electron chi connectivity index (χ4n) is 2.63. The molecule has 25 heavy (non-hydrogen) atoms. The maximum absolute atomic E-state index is 12.1. The van der Waals surface area contributed by atoms with Crippen LogP contribution >= 0.6 is 0 Å². The largest absolute Gasteiger partial charge is 0.481 e. The summed E-state index contributed by atoms with van der Waals surface area (Å²) in [7, 11) is 0. The molecule has 0 radical (unpaired) electrons. The van der Waals surface area contributed by atoms with E-state index in [0.29, 0.717) is 12.1 Å². The lowest BCUT2D eigenvalue weighted by Crippen LogP contribution is -2.24. The lowest BCUT2D eigenvalue weighted by Gasteiger charge is -2.07. The van der Waals surface area contributed by atoms with Crippen LogP contribution in [0.3, 0.4) is 0 Å². The monoisotopic (exact) mass is 343 g/mol. The van der Waals surface area contributed by atoms with Gasteiger partial charge >= 0.3 is 5.97 Å². The van der Waals surface area contributed by atoms with Gasteiger partial charge in [0, 0.05) is 30.4 Å². The van der Waals surface area contributed by atoms with Crippen LogP contribution in [0, 0.1) is 6.92 Å². The van der Waals surface area contributed by atoms with E-state index in [-0.39, 0.29) is 12.3 Å². The van der Waals surface area contributed by atoms with E-state index >= 15 is 0 Å². The van der Waals surface area contributed by atoms with Gasteiger partial charge in [0.2, 0.25) is 0 Å². The number of benzene rings is 1. The summed E-state index contributed by atoms with van der Waals surface area (Å²) in [5.41, 5.74) is 2.61. The second kappa shape index (κ2) is 9.61. The minimum absolute atomic E-state index is 0.0744. The second-order valence-electron chi connectivity index (χ2n) is 6.10. The van der Waals surface area contributed by atoms with Gasteiger partial charge in [0.1, 0.15) is 0 Å². The van der Waals surface area contributed by atoms with Gasteiger partial charge < -0.3 is 10.4 Å². The van der Waals surface area contributed by atoms with Crippen LogP contribution < -0.4 is 5.32 Å². The Labute approximate surface area is 147 Å². The van der Waals surface area contributed by atoms with Crippen molar-refractivity contribution in [2.45, 2.75) is 45.4 Å². The maximum Gasteiger partial charge on any atom is 0.303 e. The Bertz CT molecular complexity index is 692. The molecule has 6 heteroatoms. The number of nitrogens with zero attached hydrogens (tertiary/aromatic N) is 2. The van der Waals surface area contributed by atoms with E-state index in [4.69, 9.17) is 5.11 Å². The summed E-state index contributed by atoms with van der Waals surface area (Å²) in [5, 5.41) is 15.7. The molecular weight excluding hydrogens is 318 g/mol. The topological polar surface area (TPSA) is 84.2 Å². The standard InChI is InChI=1S/C19H25N3O3/c1-15-12-14-21-22(15)17-10-8-16(9-11-17)19(25)20-13-6-4-2-3-5-7-18(23)24/h8-12,14H,2-7,13H2,1H3,(H,20,25)(H,23,24). The molecule has 0 unspecified atom stereocenters. The van der Waals surface area contributed by atoms with Crippen molar-refractivity contribution in [2.24, 2.45) is 0 Å². The van der Waals surface area contributed by atoms with E-state index in [1.807, 2.05) is 29.8 Å². The molecule has 1 heterocycles. The number of hydrogen-bond donors (Lipinski definition) is 2. The molecule has 134 valence electrons. The molecule has 0 bridgehead atoms. The van der Waals surface area contributed by atoms with Crippen LogP contribution in [0.1, 0.15) is 54.6 Å². The highest BCUT2D eigenvalue weighted by molar-refractivity contribution is 5.94. The number of aryl methyl sites for hydroxylation is 1. The normalized spacial score (nSPS) is 10.6. The van der Waals surface area contributed by atoms with Gasteiger partial charge in [-0.3, -0.25) is 9.59 Å². The van der Waals surface area contributed by atoms with Crippen molar-refractivity contribution in [1.29, 1.82) is 0 Å². The van der Waals surface area contributed by atoms with E-state index in [1.165, 1.54) is 0 Å². The van der Waals surface area contributed by atoms with Crippen LogP contribution in [0.2, 0.25) is 0 Å². The molecule has 0 aliphatic rings. The molecule has 0 atom stereocenters. The summed E-state index contributed by atoms with van der Waals surface area (Å²) >= 11 is 0. The molecule has 1 aromatic heterocycles. The zero-order chi connectivity index (χ0) is 18.1. The number of carboxylic acids is 1. The molecule has 6 nitrogen and oxygen atoms in total. The van der Waals surface area contributed by atoms with E-state index in [1.54, 1.807) is 18.3 Å². The third kappa shape index (κ3) is 6.06. The summed E-state index contributed by atoms with van der Waals surface area (Å²) in [6.07, 6.45) is 6.54. The zero-order valence-electron chi connectivity index (χ0n) is 14.6. The first-order chi connectivity index (χ1) is 12.1. The van der Waals surface area contributed by atoms with Gasteiger partial charge in [-0.1, -0.05) is 19.3 Å². The number of carboxylic acid groups (broad SMARTS) is 1. The van der Waals surface area contributed by atoms with Crippen LogP contribution in [0.15, 0.2) is 36.5 Å². The molecule has 1 amide bonds.